The summed E-state index contributed by atoms with van der Waals surface area (Å²) < 4.78 is 80.5. The molecular weight excluding hydrogens is 833 g/mol. The maximum absolute atomic E-state index is 10.1. The summed E-state index contributed by atoms with van der Waals surface area (Å²) in [6, 6.07) is 0. The van der Waals surface area contributed by atoms with E-state index in [0.717, 1.165) is 44.9 Å². The summed E-state index contributed by atoms with van der Waals surface area (Å²) in [4.78, 5) is 26.3. The minimum atomic E-state index is -0.470. The number of rotatable bonds is 27. The van der Waals surface area contributed by atoms with E-state index in [1.54, 1.807) is 35.5 Å². The summed E-state index contributed by atoms with van der Waals surface area (Å²) in [6.45, 7) is 1.98. The zero-order valence-electron chi connectivity index (χ0n) is 44.2. The molecule has 13 heteroatoms. The highest BCUT2D eigenvalue weighted by Gasteiger charge is 2.84. The summed E-state index contributed by atoms with van der Waals surface area (Å²) in [5.41, 5.74) is -0.828. The first kappa shape index (κ1) is 48.5. The molecule has 0 aromatic carbocycles. The molecule has 13 nitrogen and oxygen atoms in total. The number of carbonyl (C=O) groups excluding carboxylic acids is 3. The first-order valence-electron chi connectivity index (χ1n) is 27.1. The fraction of sp³-hybridized carbons (Fsp3) is 0.962. The quantitative estimate of drug-likeness (QED) is 0.0571. The Hall–Kier alpha value is -1.51. The third-order valence-electron chi connectivity index (χ3n) is 18.0. The van der Waals surface area contributed by atoms with E-state index in [2.05, 4.69) is 6.92 Å². The maximum atomic E-state index is 10.1. The third kappa shape index (κ3) is 10.1. The van der Waals surface area contributed by atoms with Gasteiger partial charge in [-0.1, -0.05) is 103 Å². The molecule has 9 fully saturated rings. The van der Waals surface area contributed by atoms with Crippen LogP contribution in [-0.4, -0.2) is 134 Å². The van der Waals surface area contributed by atoms with E-state index in [1.165, 1.54) is 109 Å². The fourth-order valence-electron chi connectivity index (χ4n) is 14.4. The van der Waals surface area contributed by atoms with Gasteiger partial charge in [0.15, 0.2) is 0 Å². The first-order valence-corrected chi connectivity index (χ1v) is 25.3. The number of carbonyl (C=O) groups is 1. The van der Waals surface area contributed by atoms with Crippen molar-refractivity contribution in [3.63, 3.8) is 0 Å². The molecule has 0 amide bonds. The van der Waals surface area contributed by atoms with Crippen molar-refractivity contribution >= 4 is 12.6 Å². The van der Waals surface area contributed by atoms with Crippen molar-refractivity contribution < 1.29 is 65.9 Å². The monoisotopic (exact) mass is 927 g/mol. The normalized spacial score (nSPS) is 45.2. The van der Waals surface area contributed by atoms with Gasteiger partial charge in [-0.2, -0.15) is 9.59 Å². The van der Waals surface area contributed by atoms with Crippen molar-refractivity contribution in [3.8, 4) is 0 Å². The van der Waals surface area contributed by atoms with Crippen LogP contribution in [0.5, 0.6) is 0 Å². The van der Waals surface area contributed by atoms with Crippen LogP contribution >= 0.6 is 0 Å². The summed E-state index contributed by atoms with van der Waals surface area (Å²) in [5, 5.41) is 0. The van der Waals surface area contributed by atoms with E-state index in [-0.39, 0.29) is 68.9 Å². The molecule has 0 N–H and O–H groups in total. The van der Waals surface area contributed by atoms with Crippen LogP contribution in [-0.2, 0) is 61.8 Å². The zero-order valence-corrected chi connectivity index (χ0v) is 41.2. The molecule has 9 aliphatic rings. The molecule has 0 bridgehead atoms. The minimum absolute atomic E-state index is 0.0162. The molecular formula is C52H88O13. The lowest BCUT2D eigenvalue weighted by Gasteiger charge is -2.31. The Labute approximate surface area is 395 Å². The van der Waals surface area contributed by atoms with Crippen LogP contribution in [0.3, 0.4) is 0 Å². The lowest BCUT2D eigenvalue weighted by Crippen LogP contribution is -2.44. The van der Waals surface area contributed by atoms with Gasteiger partial charge in [-0.05, 0) is 63.7 Å². The molecule has 0 aromatic rings. The summed E-state index contributed by atoms with van der Waals surface area (Å²) in [6.07, 6.45) is 31.7. The number of hydrogen-bond donors (Lipinski definition) is 0. The molecule has 0 aromatic heterocycles. The van der Waals surface area contributed by atoms with Crippen LogP contribution in [0.1, 0.15) is 184 Å². The van der Waals surface area contributed by atoms with Crippen molar-refractivity contribution in [3.05, 3.63) is 0 Å². The topological polar surface area (TPSA) is 144 Å². The minimum Gasteiger partial charge on any atom is -0.468 e. The molecule has 0 radical (unpaired) electrons. The summed E-state index contributed by atoms with van der Waals surface area (Å²) in [5.74, 6) is 0.588. The molecule has 3 heterocycles. The van der Waals surface area contributed by atoms with Gasteiger partial charge in [0, 0.05) is 72.8 Å². The molecule has 374 valence electrons. The fourth-order valence-corrected chi connectivity index (χ4v) is 14.4. The molecule has 9 rings (SSSR count). The van der Waals surface area contributed by atoms with Crippen molar-refractivity contribution in [1.82, 2.24) is 0 Å². The van der Waals surface area contributed by atoms with Gasteiger partial charge in [0.2, 0.25) is 0 Å². The Kier molecular flexibility index (Phi) is 17.1. The van der Waals surface area contributed by atoms with Crippen LogP contribution in [0.2, 0.25) is 0 Å². The Morgan fingerprint density at radius 2 is 0.954 bits per heavy atom. The Morgan fingerprint density at radius 3 is 1.37 bits per heavy atom. The average molecular weight is 927 g/mol. The van der Waals surface area contributed by atoms with Crippen molar-refractivity contribution in [2.45, 2.75) is 232 Å². The van der Waals surface area contributed by atoms with E-state index in [9.17, 15) is 4.79 Å². The SMILES string of the molecule is O=C=O.[3H][C@H]1C[C@@]2(OC)C[C@@H]3C[C@]3(OC)C2O1.[3H][C@H]1C[C@@]2(OC)C[C@]3(CCC)C[C@]3(OC)C2O1.[3H][C@H]1C[C@@]2(OC)C[C@]3(CCCCCCCCCCCCCCCCCOC=O)C[C@]3(OC)C2O1. The molecule has 3 aliphatic heterocycles. The van der Waals surface area contributed by atoms with Gasteiger partial charge in [-0.3, -0.25) is 4.79 Å². The largest absolute Gasteiger partial charge is 0.468 e. The highest BCUT2D eigenvalue weighted by molar-refractivity contribution is 5.37. The summed E-state index contributed by atoms with van der Waals surface area (Å²) in [7, 11) is 10.6. The van der Waals surface area contributed by atoms with Gasteiger partial charge < -0.3 is 47.4 Å². The zero-order chi connectivity index (χ0) is 49.3. The standard InChI is InChI=1S/C28H50O5.C13H22O3.C10H16O3.CO2/c1-30-27-19-21-33-25(27)28(31-2)23-26(28,22-27)18-16-14-12-10-8-6-4-3-5-7-9-11-13-15-17-20-32-24-29;1-4-5-11-8-12(14-2)6-7-16-10(12)13(11,9-11)15-3;1-11-9-3-4-13-8(9)10(12-2)6-7(10)5-9;2-1-3/h24-25H,3-23H2,1-2H3;10H,4-9H2,1-3H3;7-8H,3-6H2,1-2H3;/t25?,26-,27-,28+;10?,11-,12-,13+;7-,8?,9-,10-;/m111./s1/i21T;7T;4T;/t21-,25?,26+,27+,28-;7-,10?,11+,12+,13-;4-,7+,8?,9+,10+;/m000.. The first-order chi connectivity index (χ1) is 32.7. The number of ether oxygens (including phenoxy) is 10. The van der Waals surface area contributed by atoms with E-state index >= 15 is 0 Å². The maximum Gasteiger partial charge on any atom is 0.373 e. The number of hydrogen-bond acceptors (Lipinski definition) is 13. The molecule has 65 heavy (non-hydrogen) atoms. The van der Waals surface area contributed by atoms with Crippen LogP contribution in [0.15, 0.2) is 0 Å². The molecule has 3 unspecified atom stereocenters. The van der Waals surface area contributed by atoms with Gasteiger partial charge in [0.25, 0.3) is 6.47 Å². The van der Waals surface area contributed by atoms with E-state index < -0.39 is 19.7 Å². The smallest absolute Gasteiger partial charge is 0.373 e. The number of unbranched alkanes of at least 4 members (excludes halogenated alkanes) is 14. The lowest BCUT2D eigenvalue weighted by atomic mass is 9.87. The third-order valence-corrected chi connectivity index (χ3v) is 18.0. The van der Waals surface area contributed by atoms with Crippen molar-refractivity contribution in [2.24, 2.45) is 16.7 Å². The second-order valence-electron chi connectivity index (χ2n) is 21.0. The van der Waals surface area contributed by atoms with Gasteiger partial charge >= 0.3 is 6.15 Å². The molecule has 6 saturated carbocycles. The van der Waals surface area contributed by atoms with Crippen molar-refractivity contribution in [2.75, 3.05) is 69.0 Å². The van der Waals surface area contributed by atoms with Crippen LogP contribution in [0, 0.1) is 16.7 Å². The number of methoxy groups -OCH3 is 6. The van der Waals surface area contributed by atoms with Gasteiger partial charge in [-0.25, -0.2) is 0 Å². The van der Waals surface area contributed by atoms with Crippen LogP contribution in [0.25, 0.3) is 0 Å². The van der Waals surface area contributed by atoms with Gasteiger partial charge in [0.05, 0.1) is 47.3 Å². The van der Waals surface area contributed by atoms with E-state index in [4.69, 9.17) is 61.1 Å². The highest BCUT2D eigenvalue weighted by Crippen LogP contribution is 2.77. The second-order valence-corrected chi connectivity index (χ2v) is 21.0. The molecule has 6 aliphatic carbocycles. The van der Waals surface area contributed by atoms with E-state index in [0.29, 0.717) is 38.3 Å². The lowest BCUT2D eigenvalue weighted by molar-refractivity contribution is -0.191. The molecule has 15 atom stereocenters. The van der Waals surface area contributed by atoms with Gasteiger partial charge in [0.1, 0.15) is 35.1 Å². The summed E-state index contributed by atoms with van der Waals surface area (Å²) >= 11 is 0. The van der Waals surface area contributed by atoms with Gasteiger partial charge in [-0.15, -0.1) is 0 Å². The highest BCUT2D eigenvalue weighted by atomic mass is 16.6. The number of fused-ring (bicyclic) bond motifs is 9. The van der Waals surface area contributed by atoms with Crippen LogP contribution in [0.4, 0.5) is 0 Å². The van der Waals surface area contributed by atoms with Crippen molar-refractivity contribution in [1.29, 1.82) is 0 Å². The predicted molar refractivity (Wildman–Crippen MR) is 243 cm³/mol. The molecule has 0 spiro atoms. The molecule has 3 saturated heterocycles. The van der Waals surface area contributed by atoms with Crippen LogP contribution < -0.4 is 0 Å². The average Bonchev–Trinajstić information content (AvgIpc) is 4.10. The predicted octanol–water partition coefficient (Wildman–Crippen LogP) is 9.28. The Bertz CT molecular complexity index is 1640. The Balaban J connectivity index is 0.000000183. The van der Waals surface area contributed by atoms with E-state index in [1.807, 2.05) is 7.11 Å². The second kappa shape index (κ2) is 22.9. The Morgan fingerprint density at radius 1 is 0.538 bits per heavy atom.